The van der Waals surface area contributed by atoms with Crippen molar-refractivity contribution in [2.45, 2.75) is 38.3 Å². The first kappa shape index (κ1) is 22.9. The number of piperidine rings is 1. The van der Waals surface area contributed by atoms with Crippen molar-refractivity contribution in [1.82, 2.24) is 9.96 Å². The van der Waals surface area contributed by atoms with Crippen LogP contribution in [0.5, 0.6) is 0 Å². The third-order valence-corrected chi connectivity index (χ3v) is 5.79. The van der Waals surface area contributed by atoms with Gasteiger partial charge in [0.25, 0.3) is 0 Å². The monoisotopic (exact) mass is 428 g/mol. The minimum absolute atomic E-state index is 0.150. The molecule has 31 heavy (non-hydrogen) atoms. The standard InChI is InChI=1S/C24H29FN2O4/c1-19(28)27(31-18-21-10-6-7-11-22(21)25)24(23(29)30-2)13-16-26(17-14-24)15-12-20-8-4-3-5-9-20/h3-11H,12-18H2,1-2H3. The van der Waals surface area contributed by atoms with Crippen LogP contribution in [0.2, 0.25) is 0 Å². The topological polar surface area (TPSA) is 59.1 Å². The second kappa shape index (κ2) is 10.5. The van der Waals surface area contributed by atoms with E-state index >= 15 is 0 Å². The van der Waals surface area contributed by atoms with Gasteiger partial charge in [-0.1, -0.05) is 48.5 Å². The average Bonchev–Trinajstić information content (AvgIpc) is 2.79. The van der Waals surface area contributed by atoms with Crippen molar-refractivity contribution >= 4 is 11.9 Å². The van der Waals surface area contributed by atoms with E-state index in [1.54, 1.807) is 18.2 Å². The maximum atomic E-state index is 14.0. The molecular formula is C24H29FN2O4. The van der Waals surface area contributed by atoms with E-state index in [4.69, 9.17) is 9.57 Å². The van der Waals surface area contributed by atoms with Crippen molar-refractivity contribution in [1.29, 1.82) is 0 Å². The molecule has 0 aromatic heterocycles. The minimum Gasteiger partial charge on any atom is -0.467 e. The number of nitrogens with zero attached hydrogens (tertiary/aromatic N) is 2. The van der Waals surface area contributed by atoms with Gasteiger partial charge in [0.1, 0.15) is 12.4 Å². The molecule has 1 amide bonds. The van der Waals surface area contributed by atoms with Crippen LogP contribution in [0.3, 0.4) is 0 Å². The largest absolute Gasteiger partial charge is 0.467 e. The van der Waals surface area contributed by atoms with E-state index in [9.17, 15) is 14.0 Å². The fourth-order valence-electron chi connectivity index (χ4n) is 4.02. The van der Waals surface area contributed by atoms with E-state index in [0.717, 1.165) is 18.0 Å². The molecule has 0 unspecified atom stereocenters. The zero-order valence-electron chi connectivity index (χ0n) is 18.1. The Bertz CT molecular complexity index is 882. The maximum Gasteiger partial charge on any atom is 0.334 e. The Morgan fingerprint density at radius 2 is 1.71 bits per heavy atom. The summed E-state index contributed by atoms with van der Waals surface area (Å²) in [5.41, 5.74) is 0.342. The molecule has 2 aromatic carbocycles. The molecule has 2 aromatic rings. The molecule has 0 aliphatic carbocycles. The van der Waals surface area contributed by atoms with Gasteiger partial charge in [0.15, 0.2) is 5.54 Å². The van der Waals surface area contributed by atoms with Crippen LogP contribution in [0.1, 0.15) is 30.9 Å². The van der Waals surface area contributed by atoms with Crippen molar-refractivity contribution in [3.63, 3.8) is 0 Å². The van der Waals surface area contributed by atoms with Crippen molar-refractivity contribution in [3.05, 3.63) is 71.5 Å². The predicted molar refractivity (Wildman–Crippen MR) is 114 cm³/mol. The van der Waals surface area contributed by atoms with Crippen molar-refractivity contribution in [2.75, 3.05) is 26.7 Å². The number of benzene rings is 2. The van der Waals surface area contributed by atoms with E-state index < -0.39 is 23.2 Å². The summed E-state index contributed by atoms with van der Waals surface area (Å²) >= 11 is 0. The van der Waals surface area contributed by atoms with Gasteiger partial charge in [0.2, 0.25) is 5.91 Å². The average molecular weight is 429 g/mol. The van der Waals surface area contributed by atoms with Gasteiger partial charge in [0, 0.05) is 32.1 Å². The number of carbonyl (C=O) groups excluding carboxylic acids is 2. The highest BCUT2D eigenvalue weighted by atomic mass is 19.1. The molecule has 0 bridgehead atoms. The zero-order chi connectivity index (χ0) is 22.3. The normalized spacial score (nSPS) is 16.0. The van der Waals surface area contributed by atoms with Crippen molar-refractivity contribution < 1.29 is 23.6 Å². The lowest BCUT2D eigenvalue weighted by atomic mass is 9.86. The number of hydrogen-bond acceptors (Lipinski definition) is 5. The summed E-state index contributed by atoms with van der Waals surface area (Å²) in [6.07, 6.45) is 1.67. The summed E-state index contributed by atoms with van der Waals surface area (Å²) in [5, 5.41) is 1.10. The SMILES string of the molecule is COC(=O)C1(N(OCc2ccccc2F)C(C)=O)CCN(CCc2ccccc2)CC1. The number of hydroxylamine groups is 2. The number of amides is 1. The number of carbonyl (C=O) groups is 2. The number of likely N-dealkylation sites (tertiary alicyclic amines) is 1. The number of ether oxygens (including phenoxy) is 1. The second-order valence-electron chi connectivity index (χ2n) is 7.78. The smallest absolute Gasteiger partial charge is 0.334 e. The first-order valence-corrected chi connectivity index (χ1v) is 10.5. The van der Waals surface area contributed by atoms with E-state index in [1.807, 2.05) is 18.2 Å². The lowest BCUT2D eigenvalue weighted by molar-refractivity contribution is -0.240. The van der Waals surface area contributed by atoms with Gasteiger partial charge in [-0.2, -0.15) is 0 Å². The molecule has 1 fully saturated rings. The molecule has 0 spiro atoms. The molecule has 6 nitrogen and oxygen atoms in total. The Labute approximate surface area is 182 Å². The van der Waals surface area contributed by atoms with Gasteiger partial charge in [-0.05, 0) is 30.9 Å². The molecular weight excluding hydrogens is 399 g/mol. The quantitative estimate of drug-likeness (QED) is 0.477. The van der Waals surface area contributed by atoms with Crippen LogP contribution in [-0.2, 0) is 32.2 Å². The van der Waals surface area contributed by atoms with Crippen molar-refractivity contribution in [2.24, 2.45) is 0 Å². The Hall–Kier alpha value is -2.77. The molecule has 166 valence electrons. The van der Waals surface area contributed by atoms with Crippen LogP contribution in [0.25, 0.3) is 0 Å². The van der Waals surface area contributed by atoms with Crippen LogP contribution in [-0.4, -0.2) is 54.1 Å². The lowest BCUT2D eigenvalue weighted by Crippen LogP contribution is -2.61. The van der Waals surface area contributed by atoms with E-state index in [0.29, 0.717) is 31.5 Å². The molecule has 1 saturated heterocycles. The Morgan fingerprint density at radius 3 is 2.32 bits per heavy atom. The maximum absolute atomic E-state index is 14.0. The molecule has 0 atom stereocenters. The highest BCUT2D eigenvalue weighted by Gasteiger charge is 2.50. The highest BCUT2D eigenvalue weighted by molar-refractivity contribution is 5.86. The van der Waals surface area contributed by atoms with Crippen LogP contribution in [0, 0.1) is 5.82 Å². The Balaban J connectivity index is 1.69. The summed E-state index contributed by atoms with van der Waals surface area (Å²) in [6, 6.07) is 16.4. The molecule has 1 aliphatic rings. The van der Waals surface area contributed by atoms with Gasteiger partial charge in [-0.25, -0.2) is 14.2 Å². The third-order valence-electron chi connectivity index (χ3n) is 5.79. The van der Waals surface area contributed by atoms with Crippen molar-refractivity contribution in [3.8, 4) is 0 Å². The molecule has 1 heterocycles. The first-order valence-electron chi connectivity index (χ1n) is 10.5. The fraction of sp³-hybridized carbons (Fsp3) is 0.417. The van der Waals surface area contributed by atoms with Gasteiger partial charge < -0.3 is 9.64 Å². The molecule has 0 N–H and O–H groups in total. The number of methoxy groups -OCH3 is 1. The molecule has 1 aliphatic heterocycles. The van der Waals surface area contributed by atoms with E-state index in [-0.39, 0.29) is 6.61 Å². The Morgan fingerprint density at radius 1 is 1.06 bits per heavy atom. The second-order valence-corrected chi connectivity index (χ2v) is 7.78. The van der Waals surface area contributed by atoms with Crippen LogP contribution >= 0.6 is 0 Å². The molecule has 0 radical (unpaired) electrons. The van der Waals surface area contributed by atoms with Crippen LogP contribution < -0.4 is 0 Å². The van der Waals surface area contributed by atoms with Gasteiger partial charge >= 0.3 is 5.97 Å². The Kier molecular flexibility index (Phi) is 7.76. The summed E-state index contributed by atoms with van der Waals surface area (Å²) in [5.74, 6) is -1.35. The predicted octanol–water partition coefficient (Wildman–Crippen LogP) is 3.36. The van der Waals surface area contributed by atoms with Crippen LogP contribution in [0.15, 0.2) is 54.6 Å². The molecule has 3 rings (SSSR count). The minimum atomic E-state index is -1.23. The third kappa shape index (κ3) is 5.48. The number of rotatable bonds is 8. The number of esters is 1. The molecule has 0 saturated carbocycles. The highest BCUT2D eigenvalue weighted by Crippen LogP contribution is 2.32. The number of halogens is 1. The van der Waals surface area contributed by atoms with Crippen LogP contribution in [0.4, 0.5) is 4.39 Å². The van der Waals surface area contributed by atoms with Gasteiger partial charge in [-0.15, -0.1) is 0 Å². The summed E-state index contributed by atoms with van der Waals surface area (Å²) in [6.45, 7) is 3.29. The first-order chi connectivity index (χ1) is 15.0. The lowest BCUT2D eigenvalue weighted by Gasteiger charge is -2.45. The van der Waals surface area contributed by atoms with E-state index in [1.165, 1.54) is 25.7 Å². The fourth-order valence-corrected chi connectivity index (χ4v) is 4.02. The van der Waals surface area contributed by atoms with E-state index in [2.05, 4.69) is 17.0 Å². The van der Waals surface area contributed by atoms with Gasteiger partial charge in [0.05, 0.1) is 7.11 Å². The molecule has 7 heteroatoms. The summed E-state index contributed by atoms with van der Waals surface area (Å²) < 4.78 is 19.1. The summed E-state index contributed by atoms with van der Waals surface area (Å²) in [7, 11) is 1.31. The zero-order valence-corrected chi connectivity index (χ0v) is 18.1. The summed E-state index contributed by atoms with van der Waals surface area (Å²) in [4.78, 5) is 33.3. The van der Waals surface area contributed by atoms with Gasteiger partial charge in [-0.3, -0.25) is 9.63 Å². The number of hydrogen-bond donors (Lipinski definition) is 0.